The van der Waals surface area contributed by atoms with Gasteiger partial charge in [0, 0.05) is 24.5 Å². The Morgan fingerprint density at radius 3 is 2.48 bits per heavy atom. The van der Waals surface area contributed by atoms with E-state index in [1.54, 1.807) is 0 Å². The average molecular weight is 336 g/mol. The van der Waals surface area contributed by atoms with Crippen LogP contribution >= 0.6 is 6.49 Å². The Morgan fingerprint density at radius 2 is 2.05 bits per heavy atom. The van der Waals surface area contributed by atoms with Gasteiger partial charge in [0.05, 0.1) is 31.0 Å². The molecular formula is C13H26BO5PS. The predicted molar refractivity (Wildman–Crippen MR) is 87.3 cm³/mol. The molecule has 0 spiro atoms. The number of ether oxygens (including phenoxy) is 2. The van der Waals surface area contributed by atoms with E-state index in [0.717, 1.165) is 0 Å². The van der Waals surface area contributed by atoms with E-state index in [4.69, 9.17) is 33.7 Å². The fourth-order valence-corrected chi connectivity index (χ4v) is 2.94. The fraction of sp³-hybridized carbons (Fsp3) is 1.00. The molecule has 0 aliphatic carbocycles. The highest BCUT2D eigenvalue weighted by molar-refractivity contribution is 8.09. The first-order valence-electron chi connectivity index (χ1n) is 7.28. The lowest BCUT2D eigenvalue weighted by Gasteiger charge is -2.31. The Balaban J connectivity index is 2.61. The van der Waals surface area contributed by atoms with E-state index >= 15 is 0 Å². The Morgan fingerprint density at radius 1 is 1.43 bits per heavy atom. The molecule has 21 heavy (non-hydrogen) atoms. The quantitative estimate of drug-likeness (QED) is 0.518. The fourth-order valence-electron chi connectivity index (χ4n) is 2.07. The van der Waals surface area contributed by atoms with Crippen molar-refractivity contribution in [1.29, 1.82) is 0 Å². The lowest BCUT2D eigenvalue weighted by Crippen LogP contribution is -2.37. The van der Waals surface area contributed by atoms with Gasteiger partial charge < -0.3 is 24.0 Å². The minimum Gasteiger partial charge on any atom is -0.391 e. The van der Waals surface area contributed by atoms with Crippen LogP contribution in [0.1, 0.15) is 40.5 Å². The number of hydrogen-bond acceptors (Lipinski definition) is 5. The summed E-state index contributed by atoms with van der Waals surface area (Å²) in [6.07, 6.45) is 0.193. The standard InChI is InChI=1S/C13H26BO5PS/c1-9(2)17-8-13(7-11(15)12(14)19-13)5-6-18-20(16,21)10(3)4/h9-12,15H,5-8H2,1-4H3,(H,16,21)/t11-,12-,13+,20?/m1/s1. The summed E-state index contributed by atoms with van der Waals surface area (Å²) in [5.41, 5.74) is -0.775. The smallest absolute Gasteiger partial charge is 0.188 e. The largest absolute Gasteiger partial charge is 0.391 e. The lowest BCUT2D eigenvalue weighted by molar-refractivity contribution is -0.0959. The summed E-state index contributed by atoms with van der Waals surface area (Å²) in [4.78, 5) is 10.0. The summed E-state index contributed by atoms with van der Waals surface area (Å²) in [6, 6.07) is -0.719. The summed E-state index contributed by atoms with van der Waals surface area (Å²) >= 11 is 5.09. The molecule has 1 heterocycles. The van der Waals surface area contributed by atoms with Gasteiger partial charge in [-0.15, -0.1) is 0 Å². The molecule has 122 valence electrons. The Bertz CT molecular complexity index is 370. The van der Waals surface area contributed by atoms with E-state index in [2.05, 4.69) is 0 Å². The lowest BCUT2D eigenvalue weighted by atomic mass is 9.91. The second-order valence-corrected chi connectivity index (χ2v) is 10.1. The van der Waals surface area contributed by atoms with Gasteiger partial charge in [0.1, 0.15) is 7.85 Å². The van der Waals surface area contributed by atoms with E-state index in [1.807, 2.05) is 27.7 Å². The van der Waals surface area contributed by atoms with Crippen molar-refractivity contribution in [3.63, 3.8) is 0 Å². The first kappa shape index (κ1) is 19.6. The zero-order valence-electron chi connectivity index (χ0n) is 13.2. The molecule has 1 fully saturated rings. The van der Waals surface area contributed by atoms with Gasteiger partial charge in [-0.2, -0.15) is 0 Å². The number of hydrogen-bond donors (Lipinski definition) is 2. The molecule has 1 saturated heterocycles. The average Bonchev–Trinajstić information content (AvgIpc) is 2.62. The normalized spacial score (nSPS) is 32.8. The summed E-state index contributed by atoms with van der Waals surface area (Å²) < 4.78 is 16.8. The number of rotatable bonds is 8. The van der Waals surface area contributed by atoms with Crippen LogP contribution < -0.4 is 0 Å². The van der Waals surface area contributed by atoms with Gasteiger partial charge in [-0.1, -0.05) is 13.8 Å². The van der Waals surface area contributed by atoms with Crippen molar-refractivity contribution in [2.75, 3.05) is 13.2 Å². The Kier molecular flexibility index (Phi) is 7.33. The number of aliphatic hydroxyl groups excluding tert-OH is 1. The topological polar surface area (TPSA) is 68.2 Å². The predicted octanol–water partition coefficient (Wildman–Crippen LogP) is 1.54. The molecule has 0 aromatic carbocycles. The SMILES string of the molecule is [B][C@@H]1O[C@](CCOP(O)(=S)C(C)C)(COC(C)C)C[C@H]1O. The highest BCUT2D eigenvalue weighted by atomic mass is 32.5. The van der Waals surface area contributed by atoms with Gasteiger partial charge in [0.25, 0.3) is 0 Å². The van der Waals surface area contributed by atoms with Crippen molar-refractivity contribution in [3.8, 4) is 0 Å². The molecule has 2 N–H and O–H groups in total. The molecule has 0 aromatic rings. The zero-order valence-corrected chi connectivity index (χ0v) is 14.9. The maximum Gasteiger partial charge on any atom is 0.188 e. The third-order valence-corrected chi connectivity index (χ3v) is 6.95. The molecule has 0 amide bonds. The van der Waals surface area contributed by atoms with E-state index < -0.39 is 24.2 Å². The van der Waals surface area contributed by atoms with E-state index in [9.17, 15) is 10.00 Å². The van der Waals surface area contributed by atoms with E-state index in [1.165, 1.54) is 0 Å². The van der Waals surface area contributed by atoms with Crippen molar-refractivity contribution >= 4 is 26.1 Å². The molecule has 0 aromatic heterocycles. The first-order chi connectivity index (χ1) is 9.58. The van der Waals surface area contributed by atoms with Crippen LogP contribution in [0.15, 0.2) is 0 Å². The van der Waals surface area contributed by atoms with Crippen molar-refractivity contribution in [1.82, 2.24) is 0 Å². The highest BCUT2D eigenvalue weighted by Gasteiger charge is 2.44. The molecule has 0 bridgehead atoms. The number of aliphatic hydroxyl groups is 1. The molecular weight excluding hydrogens is 310 g/mol. The van der Waals surface area contributed by atoms with Gasteiger partial charge in [0.15, 0.2) is 6.49 Å². The molecule has 2 radical (unpaired) electrons. The van der Waals surface area contributed by atoms with Crippen molar-refractivity contribution in [2.24, 2.45) is 0 Å². The molecule has 1 rings (SSSR count). The van der Waals surface area contributed by atoms with E-state index in [0.29, 0.717) is 19.4 Å². The molecule has 0 saturated carbocycles. The van der Waals surface area contributed by atoms with Crippen LogP contribution in [0, 0.1) is 0 Å². The summed E-state index contributed by atoms with van der Waals surface area (Å²) in [6.45, 7) is 5.35. The van der Waals surface area contributed by atoms with Crippen LogP contribution in [-0.4, -0.2) is 60.5 Å². The van der Waals surface area contributed by atoms with Crippen molar-refractivity contribution < 1.29 is 24.0 Å². The van der Waals surface area contributed by atoms with Crippen LogP contribution in [-0.2, 0) is 25.8 Å². The van der Waals surface area contributed by atoms with Crippen molar-refractivity contribution in [2.45, 2.75) is 70.0 Å². The maximum atomic E-state index is 10.0. The molecule has 1 aliphatic heterocycles. The highest BCUT2D eigenvalue weighted by Crippen LogP contribution is 2.48. The summed E-state index contributed by atoms with van der Waals surface area (Å²) in [5, 5.41) is 9.84. The van der Waals surface area contributed by atoms with Crippen LogP contribution in [0.2, 0.25) is 0 Å². The van der Waals surface area contributed by atoms with Crippen LogP contribution in [0.3, 0.4) is 0 Å². The minimum atomic E-state index is -2.78. The van der Waals surface area contributed by atoms with Gasteiger partial charge in [-0.05, 0) is 25.7 Å². The first-order valence-corrected chi connectivity index (χ1v) is 10.0. The van der Waals surface area contributed by atoms with Crippen LogP contribution in [0.5, 0.6) is 0 Å². The molecule has 4 atom stereocenters. The van der Waals surface area contributed by atoms with E-state index in [-0.39, 0.29) is 18.4 Å². The second-order valence-electron chi connectivity index (χ2n) is 6.14. The van der Waals surface area contributed by atoms with Crippen LogP contribution in [0.4, 0.5) is 0 Å². The maximum absolute atomic E-state index is 10.0. The van der Waals surface area contributed by atoms with Gasteiger partial charge in [-0.25, -0.2) is 0 Å². The van der Waals surface area contributed by atoms with Gasteiger partial charge in [-0.3, -0.25) is 0 Å². The Hall–Kier alpha value is 0.515. The molecule has 5 nitrogen and oxygen atoms in total. The summed E-state index contributed by atoms with van der Waals surface area (Å²) in [5.74, 6) is 0. The second kappa shape index (κ2) is 7.87. The van der Waals surface area contributed by atoms with Gasteiger partial charge >= 0.3 is 0 Å². The zero-order chi connectivity index (χ0) is 16.3. The Labute approximate surface area is 133 Å². The monoisotopic (exact) mass is 336 g/mol. The van der Waals surface area contributed by atoms with Gasteiger partial charge in [0.2, 0.25) is 0 Å². The molecule has 1 unspecified atom stereocenters. The van der Waals surface area contributed by atoms with Crippen LogP contribution in [0.25, 0.3) is 0 Å². The third kappa shape index (κ3) is 5.90. The minimum absolute atomic E-state index is 0.0550. The molecule has 8 heteroatoms. The summed E-state index contributed by atoms with van der Waals surface area (Å²) in [7, 11) is 5.73. The third-order valence-electron chi connectivity index (χ3n) is 3.51. The molecule has 1 aliphatic rings. The van der Waals surface area contributed by atoms with Crippen molar-refractivity contribution in [3.05, 3.63) is 0 Å².